The van der Waals surface area contributed by atoms with E-state index in [0.717, 1.165) is 0 Å². The Morgan fingerprint density at radius 1 is 1.41 bits per heavy atom. The maximum atomic E-state index is 11.6. The van der Waals surface area contributed by atoms with Gasteiger partial charge in [0.15, 0.2) is 0 Å². The zero-order valence-electron chi connectivity index (χ0n) is 9.33. The Labute approximate surface area is 100 Å². The van der Waals surface area contributed by atoms with E-state index in [2.05, 4.69) is 9.44 Å². The summed E-state index contributed by atoms with van der Waals surface area (Å²) in [6, 6.07) is 9.70. The first kappa shape index (κ1) is 13.2. The van der Waals surface area contributed by atoms with Gasteiger partial charge in [0.1, 0.15) is 4.90 Å². The van der Waals surface area contributed by atoms with E-state index >= 15 is 0 Å². The van der Waals surface area contributed by atoms with Crippen molar-refractivity contribution in [1.29, 1.82) is 5.26 Å². The van der Waals surface area contributed by atoms with Gasteiger partial charge in [-0.2, -0.15) is 13.7 Å². The third-order valence-electron chi connectivity index (χ3n) is 1.92. The van der Waals surface area contributed by atoms with Crippen LogP contribution in [0.2, 0.25) is 0 Å². The van der Waals surface area contributed by atoms with Gasteiger partial charge in [-0.3, -0.25) is 4.28 Å². The Balaban J connectivity index is 2.73. The minimum absolute atomic E-state index is 0.0526. The molecular formula is C11H12N2O3S. The molecule has 0 saturated carbocycles. The molecule has 17 heavy (non-hydrogen) atoms. The lowest BCUT2D eigenvalue weighted by atomic mass is 10.2. The maximum absolute atomic E-state index is 11.6. The molecule has 0 amide bonds. The van der Waals surface area contributed by atoms with Crippen LogP contribution >= 0.6 is 0 Å². The number of nitriles is 1. The van der Waals surface area contributed by atoms with Crippen LogP contribution in [0.3, 0.4) is 0 Å². The van der Waals surface area contributed by atoms with Gasteiger partial charge in [-0.25, -0.2) is 0 Å². The molecule has 0 aromatic heterocycles. The fourth-order valence-corrected chi connectivity index (χ4v) is 1.83. The van der Waals surface area contributed by atoms with Crippen LogP contribution in [0.1, 0.15) is 19.8 Å². The van der Waals surface area contributed by atoms with E-state index in [9.17, 15) is 8.42 Å². The van der Waals surface area contributed by atoms with Crippen LogP contribution in [0.15, 0.2) is 40.4 Å². The Morgan fingerprint density at radius 3 is 2.65 bits per heavy atom. The summed E-state index contributed by atoms with van der Waals surface area (Å²) in [7, 11) is -3.85. The van der Waals surface area contributed by atoms with Crippen molar-refractivity contribution in [3.8, 4) is 6.07 Å². The molecule has 0 atom stereocenters. The Morgan fingerprint density at radius 2 is 2.06 bits per heavy atom. The van der Waals surface area contributed by atoms with Gasteiger partial charge in [0.25, 0.3) is 0 Å². The molecule has 0 fully saturated rings. The molecule has 6 heteroatoms. The minimum atomic E-state index is -3.85. The van der Waals surface area contributed by atoms with Crippen molar-refractivity contribution in [3.05, 3.63) is 30.3 Å². The van der Waals surface area contributed by atoms with Crippen LogP contribution in [0.25, 0.3) is 0 Å². The summed E-state index contributed by atoms with van der Waals surface area (Å²) >= 11 is 0. The van der Waals surface area contributed by atoms with Crippen LogP contribution in [-0.2, 0) is 14.4 Å². The highest BCUT2D eigenvalue weighted by Crippen LogP contribution is 2.11. The van der Waals surface area contributed by atoms with Gasteiger partial charge in [0.05, 0.1) is 11.8 Å². The van der Waals surface area contributed by atoms with Crippen LogP contribution in [0, 0.1) is 11.3 Å². The monoisotopic (exact) mass is 252 g/mol. The van der Waals surface area contributed by atoms with Crippen molar-refractivity contribution in [2.24, 2.45) is 5.16 Å². The van der Waals surface area contributed by atoms with Crippen LogP contribution < -0.4 is 0 Å². The second kappa shape index (κ2) is 6.01. The lowest BCUT2D eigenvalue weighted by Crippen LogP contribution is -2.04. The number of benzene rings is 1. The highest BCUT2D eigenvalue weighted by molar-refractivity contribution is 7.86. The summed E-state index contributed by atoms with van der Waals surface area (Å²) in [4.78, 5) is 0.0526. The molecular weight excluding hydrogens is 240 g/mol. The van der Waals surface area contributed by atoms with Gasteiger partial charge in [-0.1, -0.05) is 23.4 Å². The van der Waals surface area contributed by atoms with E-state index < -0.39 is 10.1 Å². The molecule has 0 heterocycles. The molecule has 0 aliphatic carbocycles. The first-order valence-corrected chi connectivity index (χ1v) is 6.36. The van der Waals surface area contributed by atoms with Gasteiger partial charge < -0.3 is 0 Å². The Bertz CT molecular complexity index is 530. The van der Waals surface area contributed by atoms with E-state index in [4.69, 9.17) is 5.26 Å². The van der Waals surface area contributed by atoms with Crippen molar-refractivity contribution in [1.82, 2.24) is 0 Å². The first-order valence-electron chi connectivity index (χ1n) is 4.95. The number of rotatable bonds is 5. The third kappa shape index (κ3) is 4.25. The number of hydrogen-bond donors (Lipinski definition) is 0. The molecule has 90 valence electrons. The highest BCUT2D eigenvalue weighted by atomic mass is 32.2. The minimum Gasteiger partial charge on any atom is -0.265 e. The molecule has 0 radical (unpaired) electrons. The average Bonchev–Trinajstić information content (AvgIpc) is 2.35. The molecule has 0 aliphatic rings. The van der Waals surface area contributed by atoms with E-state index in [0.29, 0.717) is 12.1 Å². The second-order valence-electron chi connectivity index (χ2n) is 3.33. The van der Waals surface area contributed by atoms with Crippen LogP contribution in [-0.4, -0.2) is 14.1 Å². The fourth-order valence-electron chi connectivity index (χ4n) is 1.03. The molecule has 0 aliphatic heterocycles. The second-order valence-corrected chi connectivity index (χ2v) is 4.86. The molecule has 0 unspecified atom stereocenters. The van der Waals surface area contributed by atoms with Crippen molar-refractivity contribution in [3.63, 3.8) is 0 Å². The SMILES string of the molecule is CC(CCC#N)=NOS(=O)(=O)c1ccccc1. The molecule has 1 rings (SSSR count). The zero-order valence-corrected chi connectivity index (χ0v) is 10.1. The van der Waals surface area contributed by atoms with Gasteiger partial charge in [-0.05, 0) is 19.1 Å². The van der Waals surface area contributed by atoms with Crippen LogP contribution in [0.5, 0.6) is 0 Å². The topological polar surface area (TPSA) is 79.5 Å². The van der Waals surface area contributed by atoms with Crippen molar-refractivity contribution >= 4 is 15.8 Å². The number of oxime groups is 1. The van der Waals surface area contributed by atoms with Gasteiger partial charge in [0.2, 0.25) is 0 Å². The molecule has 0 spiro atoms. The van der Waals surface area contributed by atoms with E-state index in [1.165, 1.54) is 12.1 Å². The van der Waals surface area contributed by atoms with Crippen molar-refractivity contribution in [2.45, 2.75) is 24.7 Å². The predicted octanol–water partition coefficient (Wildman–Crippen LogP) is 2.07. The molecule has 5 nitrogen and oxygen atoms in total. The maximum Gasteiger partial charge on any atom is 0.358 e. The fraction of sp³-hybridized carbons (Fsp3) is 0.273. The third-order valence-corrected chi connectivity index (χ3v) is 3.04. The average molecular weight is 252 g/mol. The smallest absolute Gasteiger partial charge is 0.265 e. The molecule has 1 aromatic carbocycles. The molecule has 0 N–H and O–H groups in total. The normalized spacial score (nSPS) is 11.9. The quantitative estimate of drug-likeness (QED) is 0.593. The van der Waals surface area contributed by atoms with Gasteiger partial charge in [-0.15, -0.1) is 0 Å². The summed E-state index contributed by atoms with van der Waals surface area (Å²) in [6.45, 7) is 1.61. The molecule has 1 aromatic rings. The van der Waals surface area contributed by atoms with E-state index in [-0.39, 0.29) is 11.3 Å². The van der Waals surface area contributed by atoms with Gasteiger partial charge >= 0.3 is 10.1 Å². The largest absolute Gasteiger partial charge is 0.358 e. The Hall–Kier alpha value is -1.87. The summed E-state index contributed by atoms with van der Waals surface area (Å²) < 4.78 is 27.8. The molecule has 0 bridgehead atoms. The molecule has 0 saturated heterocycles. The summed E-state index contributed by atoms with van der Waals surface area (Å²) in [5.41, 5.74) is 0.464. The van der Waals surface area contributed by atoms with Crippen molar-refractivity contribution < 1.29 is 12.7 Å². The Kier molecular flexibility index (Phi) is 4.67. The predicted molar refractivity (Wildman–Crippen MR) is 62.7 cm³/mol. The first-order chi connectivity index (χ1) is 8.06. The van der Waals surface area contributed by atoms with E-state index in [1.807, 2.05) is 6.07 Å². The lowest BCUT2D eigenvalue weighted by molar-refractivity contribution is 0.337. The lowest BCUT2D eigenvalue weighted by Gasteiger charge is -2.01. The number of nitrogens with zero attached hydrogens (tertiary/aromatic N) is 2. The summed E-state index contributed by atoms with van der Waals surface area (Å²) in [5, 5.41) is 11.8. The summed E-state index contributed by atoms with van der Waals surface area (Å²) in [5.74, 6) is 0. The van der Waals surface area contributed by atoms with E-state index in [1.54, 1.807) is 25.1 Å². The standard InChI is InChI=1S/C11H12N2O3S/c1-10(6-5-9-12)13-16-17(14,15)11-7-3-2-4-8-11/h2-4,7-8H,5-6H2,1H3. The summed E-state index contributed by atoms with van der Waals surface area (Å²) in [6.07, 6.45) is 0.672. The van der Waals surface area contributed by atoms with Crippen LogP contribution in [0.4, 0.5) is 0 Å². The highest BCUT2D eigenvalue weighted by Gasteiger charge is 2.14. The van der Waals surface area contributed by atoms with Gasteiger partial charge in [0, 0.05) is 12.8 Å². The van der Waals surface area contributed by atoms with Crippen molar-refractivity contribution in [2.75, 3.05) is 0 Å². The number of hydrogen-bond acceptors (Lipinski definition) is 5. The zero-order chi connectivity index (χ0) is 12.7.